The third-order valence-corrected chi connectivity index (χ3v) is 3.75. The third kappa shape index (κ3) is 1.52. The molecule has 1 unspecified atom stereocenters. The quantitative estimate of drug-likeness (QED) is 0.584. The van der Waals surface area contributed by atoms with Crippen LogP contribution < -0.4 is 5.32 Å². The zero-order chi connectivity index (χ0) is 8.82. The van der Waals surface area contributed by atoms with Crippen LogP contribution in [-0.2, 0) is 0 Å². The molecule has 0 amide bonds. The van der Waals surface area contributed by atoms with Crippen molar-refractivity contribution in [1.29, 1.82) is 0 Å². The Kier molecular flexibility index (Phi) is 1.76. The minimum absolute atomic E-state index is 0.503. The highest BCUT2D eigenvalue weighted by atomic mass is 14.9. The lowest BCUT2D eigenvalue weighted by molar-refractivity contribution is 0.146. The minimum Gasteiger partial charge on any atom is -0.316 e. The molecule has 0 aromatic rings. The third-order valence-electron chi connectivity index (χ3n) is 3.75. The molecule has 0 bridgehead atoms. The van der Waals surface area contributed by atoms with Crippen LogP contribution in [0, 0.1) is 16.7 Å². The summed E-state index contributed by atoms with van der Waals surface area (Å²) in [5, 5.41) is 3.59. The summed E-state index contributed by atoms with van der Waals surface area (Å²) < 4.78 is 0. The van der Waals surface area contributed by atoms with Crippen molar-refractivity contribution in [3.05, 3.63) is 0 Å². The molecule has 12 heavy (non-hydrogen) atoms. The molecule has 2 aliphatic rings. The van der Waals surface area contributed by atoms with E-state index < -0.39 is 0 Å². The summed E-state index contributed by atoms with van der Waals surface area (Å²) in [7, 11) is 0. The van der Waals surface area contributed by atoms with E-state index in [9.17, 15) is 0 Å². The minimum atomic E-state index is 0.503. The summed E-state index contributed by atoms with van der Waals surface area (Å²) in [5.41, 5.74) is 1.25. The zero-order valence-corrected chi connectivity index (χ0v) is 8.61. The molecule has 0 aromatic carbocycles. The largest absolute Gasteiger partial charge is 0.316 e. The molecule has 1 aliphatic carbocycles. The normalized spacial score (nSPS) is 33.8. The monoisotopic (exact) mass is 167 g/mol. The molecule has 70 valence electrons. The maximum absolute atomic E-state index is 3.59. The first kappa shape index (κ1) is 8.55. The fourth-order valence-corrected chi connectivity index (χ4v) is 2.35. The average molecular weight is 167 g/mol. The summed E-state index contributed by atoms with van der Waals surface area (Å²) in [6.45, 7) is 9.66. The van der Waals surface area contributed by atoms with Gasteiger partial charge in [-0.15, -0.1) is 0 Å². The molecule has 2 fully saturated rings. The smallest absolute Gasteiger partial charge is 0.000805 e. The summed E-state index contributed by atoms with van der Waals surface area (Å²) in [6.07, 6.45) is 4.43. The molecule has 1 saturated carbocycles. The van der Waals surface area contributed by atoms with Crippen LogP contribution in [0.2, 0.25) is 0 Å². The second kappa shape index (κ2) is 2.47. The van der Waals surface area contributed by atoms with Crippen LogP contribution in [0.25, 0.3) is 0 Å². The topological polar surface area (TPSA) is 12.0 Å². The highest BCUT2D eigenvalue weighted by Crippen LogP contribution is 2.53. The molecular weight excluding hydrogens is 146 g/mol. The van der Waals surface area contributed by atoms with Gasteiger partial charge in [0.05, 0.1) is 0 Å². The number of rotatable bonds is 0. The van der Waals surface area contributed by atoms with Gasteiger partial charge in [0.15, 0.2) is 0 Å². The predicted octanol–water partition coefficient (Wildman–Crippen LogP) is 2.42. The molecular formula is C11H21N. The van der Waals surface area contributed by atoms with Crippen molar-refractivity contribution in [3.8, 4) is 0 Å². The van der Waals surface area contributed by atoms with Crippen molar-refractivity contribution in [2.45, 2.75) is 40.0 Å². The van der Waals surface area contributed by atoms with Crippen LogP contribution in [0.3, 0.4) is 0 Å². The Morgan fingerprint density at radius 3 is 2.42 bits per heavy atom. The number of hydrogen-bond donors (Lipinski definition) is 1. The highest BCUT2D eigenvalue weighted by molar-refractivity contribution is 5.01. The lowest BCUT2D eigenvalue weighted by Crippen LogP contribution is -2.42. The van der Waals surface area contributed by atoms with Crippen molar-refractivity contribution in [2.75, 3.05) is 13.1 Å². The van der Waals surface area contributed by atoms with Crippen LogP contribution in [0.1, 0.15) is 40.0 Å². The maximum atomic E-state index is 3.59. The van der Waals surface area contributed by atoms with Gasteiger partial charge < -0.3 is 5.32 Å². The average Bonchev–Trinajstić information content (AvgIpc) is 2.68. The van der Waals surface area contributed by atoms with Gasteiger partial charge >= 0.3 is 0 Å². The van der Waals surface area contributed by atoms with Crippen molar-refractivity contribution in [3.63, 3.8) is 0 Å². The van der Waals surface area contributed by atoms with Gasteiger partial charge in [0.1, 0.15) is 0 Å². The van der Waals surface area contributed by atoms with Crippen molar-refractivity contribution in [2.24, 2.45) is 16.7 Å². The Labute approximate surface area is 75.9 Å². The van der Waals surface area contributed by atoms with E-state index in [1.165, 1.54) is 32.4 Å². The van der Waals surface area contributed by atoms with E-state index in [0.29, 0.717) is 5.41 Å². The van der Waals surface area contributed by atoms with Crippen molar-refractivity contribution in [1.82, 2.24) is 5.32 Å². The van der Waals surface area contributed by atoms with E-state index in [0.717, 1.165) is 11.3 Å². The van der Waals surface area contributed by atoms with Gasteiger partial charge in [-0.25, -0.2) is 0 Å². The molecule has 1 N–H and O–H groups in total. The van der Waals surface area contributed by atoms with E-state index in [1.54, 1.807) is 0 Å². The van der Waals surface area contributed by atoms with Gasteiger partial charge in [0, 0.05) is 6.54 Å². The second-order valence-electron chi connectivity index (χ2n) is 5.90. The van der Waals surface area contributed by atoms with Crippen molar-refractivity contribution >= 4 is 0 Å². The van der Waals surface area contributed by atoms with E-state index >= 15 is 0 Å². The maximum Gasteiger partial charge on any atom is 0.000805 e. The molecule has 1 atom stereocenters. The fraction of sp³-hybridized carbons (Fsp3) is 1.00. The van der Waals surface area contributed by atoms with Gasteiger partial charge in [-0.3, -0.25) is 0 Å². The Hall–Kier alpha value is -0.0400. The van der Waals surface area contributed by atoms with Crippen LogP contribution in [0.5, 0.6) is 0 Å². The lowest BCUT2D eigenvalue weighted by Gasteiger charge is -2.38. The first-order valence-electron chi connectivity index (χ1n) is 5.23. The van der Waals surface area contributed by atoms with Crippen LogP contribution in [0.4, 0.5) is 0 Å². The Balaban J connectivity index is 1.99. The molecule has 1 saturated heterocycles. The van der Waals surface area contributed by atoms with Crippen LogP contribution in [0.15, 0.2) is 0 Å². The predicted molar refractivity (Wildman–Crippen MR) is 52.1 cm³/mol. The van der Waals surface area contributed by atoms with Crippen molar-refractivity contribution < 1.29 is 0 Å². The van der Waals surface area contributed by atoms with E-state index in [-0.39, 0.29) is 0 Å². The van der Waals surface area contributed by atoms with Gasteiger partial charge in [-0.1, -0.05) is 20.8 Å². The van der Waals surface area contributed by atoms with Gasteiger partial charge in [0.25, 0.3) is 0 Å². The van der Waals surface area contributed by atoms with Crippen LogP contribution in [-0.4, -0.2) is 13.1 Å². The molecule has 0 radical (unpaired) electrons. The Morgan fingerprint density at radius 2 is 1.92 bits per heavy atom. The summed E-state index contributed by atoms with van der Waals surface area (Å²) in [4.78, 5) is 0. The number of piperidine rings is 1. The molecule has 1 heteroatoms. The number of hydrogen-bond acceptors (Lipinski definition) is 1. The molecule has 2 rings (SSSR count). The Morgan fingerprint density at radius 1 is 1.25 bits per heavy atom. The molecule has 0 aromatic heterocycles. The molecule has 1 nitrogen and oxygen atoms in total. The number of nitrogens with one attached hydrogen (secondary N) is 1. The lowest BCUT2D eigenvalue weighted by atomic mass is 9.73. The van der Waals surface area contributed by atoms with E-state index in [1.807, 2.05) is 0 Å². The molecule has 1 heterocycles. The van der Waals surface area contributed by atoms with E-state index in [4.69, 9.17) is 0 Å². The molecule has 1 aliphatic heterocycles. The standard InChI is InChI=1S/C11H21N/c1-10(2,3)9-6-11(4-5-11)8-12-7-9/h9,12H,4-8H2,1-3H3. The fourth-order valence-electron chi connectivity index (χ4n) is 2.35. The summed E-state index contributed by atoms with van der Waals surface area (Å²) >= 11 is 0. The highest BCUT2D eigenvalue weighted by Gasteiger charge is 2.47. The van der Waals surface area contributed by atoms with Crippen LogP contribution >= 0.6 is 0 Å². The van der Waals surface area contributed by atoms with E-state index in [2.05, 4.69) is 26.1 Å². The molecule has 1 spiro atoms. The SMILES string of the molecule is CC(C)(C)C1CNCC2(CC2)C1. The zero-order valence-electron chi connectivity index (χ0n) is 8.61. The summed E-state index contributed by atoms with van der Waals surface area (Å²) in [5.74, 6) is 0.897. The van der Waals surface area contributed by atoms with Gasteiger partial charge in [0.2, 0.25) is 0 Å². The first-order valence-corrected chi connectivity index (χ1v) is 5.23. The summed E-state index contributed by atoms with van der Waals surface area (Å²) in [6, 6.07) is 0. The Bertz CT molecular complexity index is 174. The second-order valence-corrected chi connectivity index (χ2v) is 5.90. The van der Waals surface area contributed by atoms with Gasteiger partial charge in [-0.2, -0.15) is 0 Å². The first-order chi connectivity index (χ1) is 5.52. The van der Waals surface area contributed by atoms with Gasteiger partial charge in [-0.05, 0) is 42.6 Å².